The van der Waals surface area contributed by atoms with Gasteiger partial charge in [-0.25, -0.2) is 4.79 Å². The highest BCUT2D eigenvalue weighted by atomic mass is 32.2. The summed E-state index contributed by atoms with van der Waals surface area (Å²) in [5.41, 5.74) is -0.211. The van der Waals surface area contributed by atoms with Crippen molar-refractivity contribution in [2.45, 2.75) is 11.8 Å². The number of esters is 1. The van der Waals surface area contributed by atoms with E-state index >= 15 is 0 Å². The summed E-state index contributed by atoms with van der Waals surface area (Å²) >= 11 is 0. The fourth-order valence-corrected chi connectivity index (χ4v) is 4.35. The maximum Gasteiger partial charge on any atom is 0.346 e. The summed E-state index contributed by atoms with van der Waals surface area (Å²) in [7, 11) is -3.40. The van der Waals surface area contributed by atoms with Crippen LogP contribution in [0.15, 0.2) is 77.2 Å². The van der Waals surface area contributed by atoms with Crippen LogP contribution in [0.2, 0.25) is 0 Å². The highest BCUT2D eigenvalue weighted by molar-refractivity contribution is 7.87. The van der Waals surface area contributed by atoms with Gasteiger partial charge < -0.3 is 19.0 Å². The molecule has 0 fully saturated rings. The van der Waals surface area contributed by atoms with E-state index in [0.29, 0.717) is 5.69 Å². The van der Waals surface area contributed by atoms with Crippen LogP contribution in [0, 0.1) is 21.4 Å². The Balaban J connectivity index is 1.87. The number of carbonyl (C=O) groups excluding carboxylic acids is 2. The van der Waals surface area contributed by atoms with E-state index in [2.05, 4.69) is 5.32 Å². The van der Waals surface area contributed by atoms with Gasteiger partial charge in [0.25, 0.3) is 11.6 Å². The lowest BCUT2D eigenvalue weighted by molar-refractivity contribution is -0.387. The molecule has 0 unspecified atom stereocenters. The van der Waals surface area contributed by atoms with Gasteiger partial charge in [-0.05, 0) is 61.0 Å². The fourth-order valence-electron chi connectivity index (χ4n) is 3.25. The molecule has 1 amide bonds. The molecule has 0 heterocycles. The normalized spacial score (nSPS) is 11.2. The lowest BCUT2D eigenvalue weighted by atomic mass is 10.1. The number of amides is 1. The number of hydrogen-bond donors (Lipinski definition) is 1. The Morgan fingerprint density at radius 3 is 2.38 bits per heavy atom. The molecule has 3 aromatic carbocycles. The van der Waals surface area contributed by atoms with Crippen molar-refractivity contribution in [1.29, 1.82) is 5.26 Å². The Labute approximate surface area is 223 Å². The van der Waals surface area contributed by atoms with Gasteiger partial charge in [0.2, 0.25) is 0 Å². The summed E-state index contributed by atoms with van der Waals surface area (Å²) in [4.78, 5) is 34.2. The van der Waals surface area contributed by atoms with Gasteiger partial charge in [0.05, 0.1) is 24.2 Å². The Hall–Kier alpha value is -5.22. The van der Waals surface area contributed by atoms with E-state index in [0.717, 1.165) is 12.1 Å². The van der Waals surface area contributed by atoms with E-state index in [1.165, 1.54) is 67.8 Å². The molecule has 3 rings (SSSR count). The van der Waals surface area contributed by atoms with Gasteiger partial charge in [-0.15, -0.1) is 0 Å². The van der Waals surface area contributed by atoms with Gasteiger partial charge in [-0.2, -0.15) is 13.7 Å². The predicted molar refractivity (Wildman–Crippen MR) is 139 cm³/mol. The van der Waals surface area contributed by atoms with Crippen molar-refractivity contribution in [3.05, 3.63) is 93.5 Å². The molecular weight excluding hydrogens is 530 g/mol. The van der Waals surface area contributed by atoms with Crippen LogP contribution < -0.4 is 14.2 Å². The van der Waals surface area contributed by atoms with Crippen LogP contribution in [0.3, 0.4) is 0 Å². The zero-order valence-electron chi connectivity index (χ0n) is 20.6. The van der Waals surface area contributed by atoms with Gasteiger partial charge in [-0.1, -0.05) is 18.2 Å². The van der Waals surface area contributed by atoms with Gasteiger partial charge in [0, 0.05) is 11.8 Å². The zero-order chi connectivity index (χ0) is 28.6. The van der Waals surface area contributed by atoms with Crippen LogP contribution in [0.4, 0.5) is 11.4 Å². The third kappa shape index (κ3) is 6.96. The minimum Gasteiger partial charge on any atom is -0.493 e. The summed E-state index contributed by atoms with van der Waals surface area (Å²) in [6.07, 6.45) is 1.19. The Bertz CT molecular complexity index is 1590. The van der Waals surface area contributed by atoms with Crippen molar-refractivity contribution in [2.24, 2.45) is 0 Å². The van der Waals surface area contributed by atoms with Gasteiger partial charge in [0.15, 0.2) is 16.4 Å². The number of hydrogen-bond acceptors (Lipinski definition) is 10. The van der Waals surface area contributed by atoms with Crippen LogP contribution in [0.5, 0.6) is 11.5 Å². The smallest absolute Gasteiger partial charge is 0.346 e. The molecule has 0 aromatic heterocycles. The molecule has 3 aromatic rings. The van der Waals surface area contributed by atoms with Crippen LogP contribution in [-0.2, 0) is 19.6 Å². The van der Waals surface area contributed by atoms with E-state index in [1.807, 2.05) is 0 Å². The van der Waals surface area contributed by atoms with Crippen LogP contribution in [0.1, 0.15) is 22.8 Å². The average molecular weight is 552 g/mol. The number of nitro benzene ring substituents is 1. The van der Waals surface area contributed by atoms with E-state index in [-0.39, 0.29) is 34.8 Å². The SMILES string of the molecule is CCOC(=O)c1ccc(NC(=O)/C(C#N)=C/c2ccc(OC)c(OS(=O)(=O)c3ccccc3[N+](=O)[O-])c2)cc1. The number of rotatable bonds is 10. The van der Waals surface area contributed by atoms with Crippen molar-refractivity contribution >= 4 is 39.4 Å². The second-order valence-electron chi connectivity index (χ2n) is 7.59. The van der Waals surface area contributed by atoms with Crippen molar-refractivity contribution in [3.63, 3.8) is 0 Å². The van der Waals surface area contributed by atoms with Crippen LogP contribution >= 0.6 is 0 Å². The quantitative estimate of drug-likeness (QED) is 0.0964. The maximum absolute atomic E-state index is 12.9. The van der Waals surface area contributed by atoms with E-state index in [4.69, 9.17) is 13.7 Å². The molecule has 0 saturated carbocycles. The molecular formula is C26H21N3O9S. The average Bonchev–Trinajstić information content (AvgIpc) is 2.92. The number of anilines is 1. The Morgan fingerprint density at radius 1 is 1.08 bits per heavy atom. The van der Waals surface area contributed by atoms with Crippen molar-refractivity contribution in [2.75, 3.05) is 19.0 Å². The highest BCUT2D eigenvalue weighted by Crippen LogP contribution is 2.33. The minimum absolute atomic E-state index is 0.0149. The van der Waals surface area contributed by atoms with E-state index in [1.54, 1.807) is 13.0 Å². The molecule has 0 aliphatic rings. The zero-order valence-corrected chi connectivity index (χ0v) is 21.4. The molecule has 0 aliphatic heterocycles. The van der Waals surface area contributed by atoms with Crippen molar-refractivity contribution in [3.8, 4) is 17.6 Å². The molecule has 0 bridgehead atoms. The Kier molecular flexibility index (Phi) is 8.98. The number of nitrogens with zero attached hydrogens (tertiary/aromatic N) is 2. The first-order chi connectivity index (χ1) is 18.6. The molecule has 0 atom stereocenters. The molecule has 0 spiro atoms. The van der Waals surface area contributed by atoms with Gasteiger partial charge >= 0.3 is 16.1 Å². The van der Waals surface area contributed by atoms with Crippen molar-refractivity contribution in [1.82, 2.24) is 0 Å². The number of para-hydroxylation sites is 1. The lowest BCUT2D eigenvalue weighted by Gasteiger charge is -2.12. The Morgan fingerprint density at radius 2 is 1.77 bits per heavy atom. The molecule has 13 heteroatoms. The van der Waals surface area contributed by atoms with Crippen LogP contribution in [-0.4, -0.2) is 38.9 Å². The van der Waals surface area contributed by atoms with Gasteiger partial charge in [0.1, 0.15) is 11.6 Å². The molecule has 0 radical (unpaired) electrons. The summed E-state index contributed by atoms with van der Waals surface area (Å²) in [5.74, 6) is -1.63. The minimum atomic E-state index is -4.66. The van der Waals surface area contributed by atoms with Crippen LogP contribution in [0.25, 0.3) is 6.08 Å². The molecule has 1 N–H and O–H groups in total. The third-order valence-corrected chi connectivity index (χ3v) is 6.33. The standard InChI is InChI=1S/C26H21N3O9S/c1-3-37-26(31)18-9-11-20(12-10-18)28-25(30)19(16-27)14-17-8-13-22(36-2)23(15-17)38-39(34,35)24-7-5-4-6-21(24)29(32)33/h4-15H,3H2,1-2H3,(H,28,30)/b19-14+. The molecule has 200 valence electrons. The summed E-state index contributed by atoms with van der Waals surface area (Å²) in [6.45, 7) is 1.89. The number of ether oxygens (including phenoxy) is 2. The number of nitriles is 1. The maximum atomic E-state index is 12.9. The summed E-state index contributed by atoms with van der Waals surface area (Å²) in [5, 5.41) is 23.4. The largest absolute Gasteiger partial charge is 0.493 e. The number of carbonyl (C=O) groups is 2. The summed E-state index contributed by atoms with van der Waals surface area (Å²) < 4.78 is 40.9. The van der Waals surface area contributed by atoms with Crippen molar-refractivity contribution < 1.29 is 36.6 Å². The predicted octanol–water partition coefficient (Wildman–Crippen LogP) is 4.09. The summed E-state index contributed by atoms with van der Waals surface area (Å²) in [6, 6.07) is 16.3. The number of methoxy groups -OCH3 is 1. The topological polar surface area (TPSA) is 175 Å². The molecule has 12 nitrogen and oxygen atoms in total. The molecule has 39 heavy (non-hydrogen) atoms. The first kappa shape index (κ1) is 28.4. The molecule has 0 aliphatic carbocycles. The second kappa shape index (κ2) is 12.3. The second-order valence-corrected chi connectivity index (χ2v) is 9.11. The fraction of sp³-hybridized carbons (Fsp3) is 0.115. The highest BCUT2D eigenvalue weighted by Gasteiger charge is 2.28. The first-order valence-electron chi connectivity index (χ1n) is 11.2. The lowest BCUT2D eigenvalue weighted by Crippen LogP contribution is -2.14. The number of benzene rings is 3. The van der Waals surface area contributed by atoms with E-state index in [9.17, 15) is 33.4 Å². The van der Waals surface area contributed by atoms with Gasteiger partial charge in [-0.3, -0.25) is 14.9 Å². The molecule has 0 saturated heterocycles. The number of nitrogens with one attached hydrogen (secondary N) is 1. The third-order valence-electron chi connectivity index (χ3n) is 5.05. The first-order valence-corrected chi connectivity index (χ1v) is 12.6. The van der Waals surface area contributed by atoms with E-state index < -0.39 is 37.5 Å². The number of nitro groups is 1. The monoisotopic (exact) mass is 551 g/mol.